The van der Waals surface area contributed by atoms with Gasteiger partial charge in [-0.3, -0.25) is 0 Å². The summed E-state index contributed by atoms with van der Waals surface area (Å²) in [4.78, 5) is 11.4. The number of carbonyl (C=O) groups is 1. The highest BCUT2D eigenvalue weighted by Crippen LogP contribution is 2.06. The fourth-order valence-corrected chi connectivity index (χ4v) is 1.37. The van der Waals surface area contributed by atoms with E-state index in [9.17, 15) is 4.79 Å². The Morgan fingerprint density at radius 2 is 1.88 bits per heavy atom. The van der Waals surface area contributed by atoms with Crippen LogP contribution in [0.25, 0.3) is 0 Å². The van der Waals surface area contributed by atoms with Gasteiger partial charge in [0.05, 0.1) is 0 Å². The van der Waals surface area contributed by atoms with E-state index in [1.165, 1.54) is 0 Å². The van der Waals surface area contributed by atoms with E-state index in [4.69, 9.17) is 9.84 Å². The van der Waals surface area contributed by atoms with E-state index in [1.54, 1.807) is 0 Å². The van der Waals surface area contributed by atoms with Crippen molar-refractivity contribution in [3.05, 3.63) is 0 Å². The predicted octanol–water partition coefficient (Wildman–Crippen LogP) is 1.26. The van der Waals surface area contributed by atoms with Crippen LogP contribution in [0.5, 0.6) is 0 Å². The molecule has 0 fully saturated rings. The molecule has 102 valence electrons. The van der Waals surface area contributed by atoms with E-state index in [-0.39, 0.29) is 18.7 Å². The molecule has 17 heavy (non-hydrogen) atoms. The molecule has 0 aromatic heterocycles. The number of rotatable bonds is 6. The zero-order valence-electron chi connectivity index (χ0n) is 11.5. The lowest BCUT2D eigenvalue weighted by Gasteiger charge is -2.22. The normalized spacial score (nSPS) is 15.2. The summed E-state index contributed by atoms with van der Waals surface area (Å²) in [5.74, 6) is 0. The zero-order valence-corrected chi connectivity index (χ0v) is 11.5. The Hall–Kier alpha value is -0.810. The van der Waals surface area contributed by atoms with E-state index in [2.05, 4.69) is 10.6 Å². The summed E-state index contributed by atoms with van der Waals surface area (Å²) in [5, 5.41) is 14.7. The van der Waals surface area contributed by atoms with Gasteiger partial charge in [-0.1, -0.05) is 0 Å². The third-order valence-corrected chi connectivity index (χ3v) is 2.08. The second-order valence-corrected chi connectivity index (χ2v) is 5.36. The second kappa shape index (κ2) is 7.50. The van der Waals surface area contributed by atoms with E-state index in [0.717, 1.165) is 0 Å². The summed E-state index contributed by atoms with van der Waals surface area (Å²) in [6, 6.07) is 0.375. The minimum atomic E-state index is -0.467. The summed E-state index contributed by atoms with van der Waals surface area (Å²) in [5.41, 5.74) is -0.467. The van der Waals surface area contributed by atoms with Crippen molar-refractivity contribution in [2.75, 3.05) is 13.2 Å². The molecule has 0 spiro atoms. The molecule has 2 unspecified atom stereocenters. The summed E-state index contributed by atoms with van der Waals surface area (Å²) < 4.78 is 5.12. The first kappa shape index (κ1) is 16.2. The van der Waals surface area contributed by atoms with Crippen LogP contribution >= 0.6 is 0 Å². The molecular formula is C12H26N2O3. The Labute approximate surface area is 104 Å². The highest BCUT2D eigenvalue weighted by atomic mass is 16.6. The average molecular weight is 246 g/mol. The summed E-state index contributed by atoms with van der Waals surface area (Å²) in [7, 11) is 0. The first-order valence-corrected chi connectivity index (χ1v) is 6.08. The Balaban J connectivity index is 3.76. The molecule has 0 aromatic carbocycles. The van der Waals surface area contributed by atoms with Crippen LogP contribution in [0.3, 0.4) is 0 Å². The zero-order chi connectivity index (χ0) is 13.5. The van der Waals surface area contributed by atoms with Crippen LogP contribution in [-0.4, -0.2) is 42.0 Å². The van der Waals surface area contributed by atoms with Crippen LogP contribution in [0.4, 0.5) is 4.79 Å². The van der Waals surface area contributed by atoms with Crippen LogP contribution in [0.2, 0.25) is 0 Å². The fraction of sp³-hybridized carbons (Fsp3) is 0.917. The lowest BCUT2D eigenvalue weighted by Crippen LogP contribution is -2.44. The van der Waals surface area contributed by atoms with Gasteiger partial charge in [0, 0.05) is 25.2 Å². The molecule has 0 aliphatic heterocycles. The number of amides is 1. The van der Waals surface area contributed by atoms with Gasteiger partial charge < -0.3 is 20.5 Å². The minimum absolute atomic E-state index is 0.143. The quantitative estimate of drug-likeness (QED) is 0.660. The fourth-order valence-electron chi connectivity index (χ4n) is 1.37. The van der Waals surface area contributed by atoms with E-state index < -0.39 is 11.7 Å². The maximum Gasteiger partial charge on any atom is 0.407 e. The number of nitrogens with one attached hydrogen (secondary N) is 2. The monoisotopic (exact) mass is 246 g/mol. The van der Waals surface area contributed by atoms with Gasteiger partial charge in [0.1, 0.15) is 5.60 Å². The average Bonchev–Trinajstić information content (AvgIpc) is 2.12. The number of hydrogen-bond acceptors (Lipinski definition) is 4. The minimum Gasteiger partial charge on any atom is -0.444 e. The predicted molar refractivity (Wildman–Crippen MR) is 68.0 cm³/mol. The molecule has 2 atom stereocenters. The molecule has 0 aliphatic rings. The third kappa shape index (κ3) is 10.1. The number of aliphatic hydroxyl groups excluding tert-OH is 1. The molecule has 0 aliphatic carbocycles. The van der Waals surface area contributed by atoms with Crippen molar-refractivity contribution in [3.63, 3.8) is 0 Å². The van der Waals surface area contributed by atoms with Gasteiger partial charge in [-0.15, -0.1) is 0 Å². The van der Waals surface area contributed by atoms with Gasteiger partial charge in [0.15, 0.2) is 0 Å². The SMILES string of the molecule is CC(CCO)NC(C)CNC(=O)OC(C)(C)C. The summed E-state index contributed by atoms with van der Waals surface area (Å²) >= 11 is 0. The molecule has 0 saturated heterocycles. The van der Waals surface area contributed by atoms with Crippen molar-refractivity contribution in [2.24, 2.45) is 0 Å². The van der Waals surface area contributed by atoms with Crippen LogP contribution < -0.4 is 10.6 Å². The van der Waals surface area contributed by atoms with Crippen molar-refractivity contribution >= 4 is 6.09 Å². The lowest BCUT2D eigenvalue weighted by molar-refractivity contribution is 0.0522. The van der Waals surface area contributed by atoms with Gasteiger partial charge in [0.2, 0.25) is 0 Å². The Bertz CT molecular complexity index is 226. The molecule has 0 saturated carbocycles. The molecule has 0 bridgehead atoms. The molecule has 3 N–H and O–H groups in total. The van der Waals surface area contributed by atoms with Gasteiger partial charge in [-0.05, 0) is 41.0 Å². The standard InChI is InChI=1S/C12H26N2O3/c1-9(6-7-15)14-10(2)8-13-11(16)17-12(3,4)5/h9-10,14-15H,6-8H2,1-5H3,(H,13,16). The van der Waals surface area contributed by atoms with Crippen molar-refractivity contribution in [1.29, 1.82) is 0 Å². The van der Waals surface area contributed by atoms with Gasteiger partial charge in [-0.2, -0.15) is 0 Å². The van der Waals surface area contributed by atoms with E-state index in [0.29, 0.717) is 13.0 Å². The molecule has 0 aromatic rings. The van der Waals surface area contributed by atoms with Crippen molar-refractivity contribution in [1.82, 2.24) is 10.6 Å². The van der Waals surface area contributed by atoms with Crippen LogP contribution in [0.15, 0.2) is 0 Å². The second-order valence-electron chi connectivity index (χ2n) is 5.36. The van der Waals surface area contributed by atoms with E-state index in [1.807, 2.05) is 34.6 Å². The first-order valence-electron chi connectivity index (χ1n) is 6.08. The molecule has 1 amide bonds. The van der Waals surface area contributed by atoms with Crippen molar-refractivity contribution in [2.45, 2.75) is 58.7 Å². The first-order chi connectivity index (χ1) is 7.74. The largest absolute Gasteiger partial charge is 0.444 e. The molecule has 0 radical (unpaired) electrons. The van der Waals surface area contributed by atoms with Crippen LogP contribution in [0, 0.1) is 0 Å². The Morgan fingerprint density at radius 1 is 1.29 bits per heavy atom. The molecule has 0 rings (SSSR count). The smallest absolute Gasteiger partial charge is 0.407 e. The number of hydrogen-bond donors (Lipinski definition) is 3. The van der Waals surface area contributed by atoms with Crippen LogP contribution in [0.1, 0.15) is 41.0 Å². The third-order valence-electron chi connectivity index (χ3n) is 2.08. The summed E-state index contributed by atoms with van der Waals surface area (Å²) in [6.07, 6.45) is 0.303. The molecular weight excluding hydrogens is 220 g/mol. The number of alkyl carbamates (subject to hydrolysis) is 1. The molecule has 0 heterocycles. The lowest BCUT2D eigenvalue weighted by atomic mass is 10.2. The van der Waals surface area contributed by atoms with Gasteiger partial charge >= 0.3 is 6.09 Å². The van der Waals surface area contributed by atoms with Crippen molar-refractivity contribution in [3.8, 4) is 0 Å². The molecule has 5 nitrogen and oxygen atoms in total. The number of carbonyl (C=O) groups excluding carboxylic acids is 1. The highest BCUT2D eigenvalue weighted by molar-refractivity contribution is 5.67. The topological polar surface area (TPSA) is 70.6 Å². The highest BCUT2D eigenvalue weighted by Gasteiger charge is 2.16. The number of aliphatic hydroxyl groups is 1. The van der Waals surface area contributed by atoms with Gasteiger partial charge in [-0.25, -0.2) is 4.79 Å². The van der Waals surface area contributed by atoms with E-state index >= 15 is 0 Å². The number of ether oxygens (including phenoxy) is 1. The van der Waals surface area contributed by atoms with Crippen molar-refractivity contribution < 1.29 is 14.6 Å². The van der Waals surface area contributed by atoms with Gasteiger partial charge in [0.25, 0.3) is 0 Å². The molecule has 5 heteroatoms. The maximum atomic E-state index is 11.4. The Morgan fingerprint density at radius 3 is 2.35 bits per heavy atom. The maximum absolute atomic E-state index is 11.4. The summed E-state index contributed by atoms with van der Waals surface area (Å²) in [6.45, 7) is 10.1. The Kier molecular flexibility index (Phi) is 7.15. The van der Waals surface area contributed by atoms with Crippen LogP contribution in [-0.2, 0) is 4.74 Å².